The highest BCUT2D eigenvalue weighted by molar-refractivity contribution is 5.84. The number of rotatable bonds is 3. The largest absolute Gasteiger partial charge is 0.372 e. The van der Waals surface area contributed by atoms with Gasteiger partial charge in [0.25, 0.3) is 0 Å². The smallest absolute Gasteiger partial charge is 0.242 e. The summed E-state index contributed by atoms with van der Waals surface area (Å²) in [6.07, 6.45) is 0. The van der Waals surface area contributed by atoms with Crippen molar-refractivity contribution < 1.29 is 13.6 Å². The zero-order chi connectivity index (χ0) is 13.9. The Bertz CT molecular complexity index is 441. The Kier molecular flexibility index (Phi) is 4.27. The molecule has 0 heterocycles. The second-order valence-corrected chi connectivity index (χ2v) is 5.23. The number of anilines is 1. The minimum Gasteiger partial charge on any atom is -0.372 e. The standard InChI is InChI=1S/C13H18F2N2O/c1-8(12(18)17-13(2,3)4)16-11-6-5-9(14)7-10(11)15/h5-8,16H,1-4H3,(H,17,18). The second-order valence-electron chi connectivity index (χ2n) is 5.23. The third kappa shape index (κ3) is 4.31. The number of hydrogen-bond donors (Lipinski definition) is 2. The molecule has 100 valence electrons. The van der Waals surface area contributed by atoms with Gasteiger partial charge in [-0.25, -0.2) is 8.78 Å². The minimum absolute atomic E-state index is 0.105. The van der Waals surface area contributed by atoms with E-state index in [0.717, 1.165) is 12.1 Å². The molecule has 1 aromatic rings. The molecule has 0 saturated heterocycles. The molecular formula is C13H18F2N2O. The molecule has 0 bridgehead atoms. The van der Waals surface area contributed by atoms with E-state index in [-0.39, 0.29) is 17.1 Å². The Hall–Kier alpha value is -1.65. The fraction of sp³-hybridized carbons (Fsp3) is 0.462. The van der Waals surface area contributed by atoms with Crippen molar-refractivity contribution in [3.8, 4) is 0 Å². The lowest BCUT2D eigenvalue weighted by Crippen LogP contribution is -2.47. The average Bonchev–Trinajstić information content (AvgIpc) is 2.19. The Morgan fingerprint density at radius 1 is 1.28 bits per heavy atom. The molecule has 0 aliphatic carbocycles. The first-order valence-corrected chi connectivity index (χ1v) is 5.72. The predicted octanol–water partition coefficient (Wildman–Crippen LogP) is 2.68. The van der Waals surface area contributed by atoms with E-state index in [2.05, 4.69) is 10.6 Å². The molecule has 18 heavy (non-hydrogen) atoms. The molecule has 0 aromatic heterocycles. The summed E-state index contributed by atoms with van der Waals surface area (Å²) in [6.45, 7) is 7.19. The van der Waals surface area contributed by atoms with E-state index < -0.39 is 17.7 Å². The Morgan fingerprint density at radius 2 is 1.89 bits per heavy atom. The van der Waals surface area contributed by atoms with Gasteiger partial charge >= 0.3 is 0 Å². The zero-order valence-electron chi connectivity index (χ0n) is 11.0. The normalized spacial score (nSPS) is 13.0. The molecule has 1 unspecified atom stereocenters. The number of carbonyl (C=O) groups excluding carboxylic acids is 1. The van der Waals surface area contributed by atoms with Crippen molar-refractivity contribution in [2.75, 3.05) is 5.32 Å². The molecule has 1 rings (SSSR count). The first-order chi connectivity index (χ1) is 8.19. The molecule has 1 amide bonds. The van der Waals surface area contributed by atoms with Gasteiger partial charge < -0.3 is 10.6 Å². The van der Waals surface area contributed by atoms with E-state index >= 15 is 0 Å². The lowest BCUT2D eigenvalue weighted by molar-refractivity contribution is -0.122. The molecule has 0 aliphatic heterocycles. The number of nitrogens with one attached hydrogen (secondary N) is 2. The quantitative estimate of drug-likeness (QED) is 0.873. The Balaban J connectivity index is 2.69. The lowest BCUT2D eigenvalue weighted by atomic mass is 10.1. The highest BCUT2D eigenvalue weighted by atomic mass is 19.1. The highest BCUT2D eigenvalue weighted by Crippen LogP contribution is 2.16. The molecule has 0 spiro atoms. The van der Waals surface area contributed by atoms with E-state index in [1.54, 1.807) is 6.92 Å². The van der Waals surface area contributed by atoms with Crippen LogP contribution in [0, 0.1) is 11.6 Å². The number of carbonyl (C=O) groups is 1. The summed E-state index contributed by atoms with van der Waals surface area (Å²) in [6, 6.07) is 2.58. The van der Waals surface area contributed by atoms with E-state index in [1.807, 2.05) is 20.8 Å². The van der Waals surface area contributed by atoms with E-state index in [0.29, 0.717) is 0 Å². The number of amides is 1. The summed E-state index contributed by atoms with van der Waals surface area (Å²) in [5, 5.41) is 5.48. The molecule has 2 N–H and O–H groups in total. The van der Waals surface area contributed by atoms with Gasteiger partial charge in [0.15, 0.2) is 0 Å². The van der Waals surface area contributed by atoms with Crippen LogP contribution in [-0.2, 0) is 4.79 Å². The Labute approximate surface area is 106 Å². The number of hydrogen-bond acceptors (Lipinski definition) is 2. The van der Waals surface area contributed by atoms with E-state index in [9.17, 15) is 13.6 Å². The molecule has 0 aliphatic rings. The van der Waals surface area contributed by atoms with Crippen LogP contribution in [0.4, 0.5) is 14.5 Å². The SMILES string of the molecule is CC(Nc1ccc(F)cc1F)C(=O)NC(C)(C)C. The van der Waals surface area contributed by atoms with Crippen LogP contribution in [0.3, 0.4) is 0 Å². The van der Waals surface area contributed by atoms with Gasteiger partial charge in [0.2, 0.25) is 5.91 Å². The summed E-state index contributed by atoms with van der Waals surface area (Å²) in [5.41, 5.74) is -0.248. The monoisotopic (exact) mass is 256 g/mol. The van der Waals surface area contributed by atoms with Crippen molar-refractivity contribution in [3.05, 3.63) is 29.8 Å². The van der Waals surface area contributed by atoms with Gasteiger partial charge in [0.1, 0.15) is 17.7 Å². The maximum Gasteiger partial charge on any atom is 0.242 e. The van der Waals surface area contributed by atoms with Gasteiger partial charge in [-0.2, -0.15) is 0 Å². The third-order valence-corrected chi connectivity index (χ3v) is 2.19. The third-order valence-electron chi connectivity index (χ3n) is 2.19. The van der Waals surface area contributed by atoms with Gasteiger partial charge in [-0.1, -0.05) is 0 Å². The van der Waals surface area contributed by atoms with Crippen LogP contribution in [0.2, 0.25) is 0 Å². The van der Waals surface area contributed by atoms with Gasteiger partial charge in [0, 0.05) is 11.6 Å². The zero-order valence-corrected chi connectivity index (χ0v) is 11.0. The van der Waals surface area contributed by atoms with Gasteiger partial charge in [-0.15, -0.1) is 0 Å². The van der Waals surface area contributed by atoms with E-state index in [1.165, 1.54) is 6.07 Å². The molecule has 0 fully saturated rings. The fourth-order valence-electron chi connectivity index (χ4n) is 1.38. The van der Waals surface area contributed by atoms with Gasteiger partial charge in [-0.05, 0) is 39.8 Å². The first kappa shape index (κ1) is 14.4. The fourth-order valence-corrected chi connectivity index (χ4v) is 1.38. The topological polar surface area (TPSA) is 41.1 Å². The minimum atomic E-state index is -0.717. The summed E-state index contributed by atoms with van der Waals surface area (Å²) in [4.78, 5) is 11.8. The van der Waals surface area contributed by atoms with Crippen LogP contribution in [0.15, 0.2) is 18.2 Å². The Morgan fingerprint density at radius 3 is 2.39 bits per heavy atom. The molecule has 1 atom stereocenters. The maximum absolute atomic E-state index is 13.4. The van der Waals surface area contributed by atoms with Crippen LogP contribution in [0.25, 0.3) is 0 Å². The van der Waals surface area contributed by atoms with E-state index in [4.69, 9.17) is 0 Å². The number of benzene rings is 1. The van der Waals surface area contributed by atoms with Gasteiger partial charge in [0.05, 0.1) is 5.69 Å². The maximum atomic E-state index is 13.4. The van der Waals surface area contributed by atoms with Crippen molar-refractivity contribution in [1.29, 1.82) is 0 Å². The average molecular weight is 256 g/mol. The summed E-state index contributed by atoms with van der Waals surface area (Å²) in [5.74, 6) is -1.61. The summed E-state index contributed by atoms with van der Waals surface area (Å²) in [7, 11) is 0. The van der Waals surface area contributed by atoms with Crippen molar-refractivity contribution in [1.82, 2.24) is 5.32 Å². The lowest BCUT2D eigenvalue weighted by Gasteiger charge is -2.24. The van der Waals surface area contributed by atoms with Crippen LogP contribution in [0.5, 0.6) is 0 Å². The van der Waals surface area contributed by atoms with Crippen molar-refractivity contribution in [2.24, 2.45) is 0 Å². The van der Waals surface area contributed by atoms with Crippen molar-refractivity contribution in [2.45, 2.75) is 39.3 Å². The molecule has 1 aromatic carbocycles. The molecule has 0 radical (unpaired) electrons. The van der Waals surface area contributed by atoms with Crippen LogP contribution < -0.4 is 10.6 Å². The van der Waals surface area contributed by atoms with Crippen LogP contribution in [-0.4, -0.2) is 17.5 Å². The van der Waals surface area contributed by atoms with Crippen molar-refractivity contribution >= 4 is 11.6 Å². The highest BCUT2D eigenvalue weighted by Gasteiger charge is 2.19. The summed E-state index contributed by atoms with van der Waals surface area (Å²) >= 11 is 0. The molecule has 5 heteroatoms. The predicted molar refractivity (Wildman–Crippen MR) is 67.3 cm³/mol. The van der Waals surface area contributed by atoms with Crippen LogP contribution >= 0.6 is 0 Å². The molecular weight excluding hydrogens is 238 g/mol. The summed E-state index contributed by atoms with van der Waals surface area (Å²) < 4.78 is 26.1. The second kappa shape index (κ2) is 5.33. The first-order valence-electron chi connectivity index (χ1n) is 5.72. The molecule has 3 nitrogen and oxygen atoms in total. The molecule has 0 saturated carbocycles. The van der Waals surface area contributed by atoms with Crippen molar-refractivity contribution in [3.63, 3.8) is 0 Å². The van der Waals surface area contributed by atoms with Crippen LogP contribution in [0.1, 0.15) is 27.7 Å². The van der Waals surface area contributed by atoms with Gasteiger partial charge in [-0.3, -0.25) is 4.79 Å². The number of halogens is 2.